The van der Waals surface area contributed by atoms with Crippen molar-refractivity contribution in [3.8, 4) is 0 Å². The molecule has 0 aromatic rings. The number of rotatable bonds is 28. The summed E-state index contributed by atoms with van der Waals surface area (Å²) in [7, 11) is -0.850. The molecule has 0 heterocycles. The molecule has 0 rings (SSSR count). The van der Waals surface area contributed by atoms with Crippen molar-refractivity contribution in [2.24, 2.45) is 0 Å². The standard InChI is InChI=1S/C25H50N3O11P/c1-4-38-40(32,33)39-15-9-5-7-14-27-25(31)22(28-24(30)12-17-37-21-19-35-3)10-6-8-13-26-23(29)11-16-36-20-18-34-2/h22H,4-21H2,1-3H3,(H,26,29)(H,27,31)(H,28,30)(H,32,33). The van der Waals surface area contributed by atoms with Crippen LogP contribution in [0.3, 0.4) is 0 Å². The summed E-state index contributed by atoms with van der Waals surface area (Å²) < 4.78 is 41.3. The van der Waals surface area contributed by atoms with Gasteiger partial charge in [0.15, 0.2) is 0 Å². The molecule has 14 nitrogen and oxygen atoms in total. The lowest BCUT2D eigenvalue weighted by molar-refractivity contribution is -0.129. The first-order chi connectivity index (χ1) is 19.3. The van der Waals surface area contributed by atoms with Gasteiger partial charge in [0, 0.05) is 40.2 Å². The fraction of sp³-hybridized carbons (Fsp3) is 0.880. The number of carbonyl (C=O) groups excluding carboxylic acids is 3. The molecule has 236 valence electrons. The maximum Gasteiger partial charge on any atom is 0.472 e. The minimum atomic E-state index is -3.99. The van der Waals surface area contributed by atoms with E-state index in [0.717, 1.165) is 0 Å². The molecule has 15 heteroatoms. The van der Waals surface area contributed by atoms with Crippen LogP contribution in [0.15, 0.2) is 0 Å². The van der Waals surface area contributed by atoms with Gasteiger partial charge in [0.05, 0.1) is 52.9 Å². The molecule has 0 aromatic heterocycles. The highest BCUT2D eigenvalue weighted by Gasteiger charge is 2.21. The van der Waals surface area contributed by atoms with Crippen molar-refractivity contribution in [1.82, 2.24) is 16.0 Å². The average molecular weight is 600 g/mol. The second-order valence-electron chi connectivity index (χ2n) is 8.75. The van der Waals surface area contributed by atoms with Crippen molar-refractivity contribution in [3.05, 3.63) is 0 Å². The third kappa shape index (κ3) is 24.2. The zero-order chi connectivity index (χ0) is 29.9. The Labute approximate surface area is 238 Å². The van der Waals surface area contributed by atoms with Crippen LogP contribution in [0.25, 0.3) is 0 Å². The summed E-state index contributed by atoms with van der Waals surface area (Å²) >= 11 is 0. The Morgan fingerprint density at radius 3 is 1.95 bits per heavy atom. The molecule has 2 unspecified atom stereocenters. The highest BCUT2D eigenvalue weighted by Crippen LogP contribution is 2.42. The van der Waals surface area contributed by atoms with Gasteiger partial charge in [0.2, 0.25) is 17.7 Å². The fourth-order valence-corrected chi connectivity index (χ4v) is 4.02. The van der Waals surface area contributed by atoms with E-state index in [9.17, 15) is 23.8 Å². The van der Waals surface area contributed by atoms with Crippen LogP contribution in [0.4, 0.5) is 0 Å². The van der Waals surface area contributed by atoms with Gasteiger partial charge in [-0.05, 0) is 45.4 Å². The number of unbranched alkanes of at least 4 members (excludes halogenated alkanes) is 3. The summed E-state index contributed by atoms with van der Waals surface area (Å²) in [6, 6.07) is -0.717. The quantitative estimate of drug-likeness (QED) is 0.0752. The minimum Gasteiger partial charge on any atom is -0.382 e. The number of phosphoric acid groups is 1. The molecule has 2 atom stereocenters. The Bertz CT molecular complexity index is 715. The number of hydrogen-bond acceptors (Lipinski definition) is 10. The van der Waals surface area contributed by atoms with Crippen molar-refractivity contribution >= 4 is 25.5 Å². The van der Waals surface area contributed by atoms with Crippen LogP contribution in [0.2, 0.25) is 0 Å². The maximum atomic E-state index is 12.8. The molecular formula is C25H50N3O11P. The van der Waals surface area contributed by atoms with Crippen LogP contribution in [-0.4, -0.2) is 109 Å². The van der Waals surface area contributed by atoms with Crippen molar-refractivity contribution < 1.29 is 51.8 Å². The van der Waals surface area contributed by atoms with E-state index < -0.39 is 13.9 Å². The molecule has 0 aliphatic carbocycles. The van der Waals surface area contributed by atoms with E-state index in [-0.39, 0.29) is 50.4 Å². The first kappa shape index (κ1) is 38.4. The topological polar surface area (TPSA) is 180 Å². The van der Waals surface area contributed by atoms with E-state index in [0.29, 0.717) is 84.6 Å². The van der Waals surface area contributed by atoms with Crippen molar-refractivity contribution in [2.75, 3.05) is 80.2 Å². The average Bonchev–Trinajstić information content (AvgIpc) is 2.91. The number of ether oxygens (including phenoxy) is 4. The molecule has 3 amide bonds. The maximum absolute atomic E-state index is 12.8. The van der Waals surface area contributed by atoms with Gasteiger partial charge in [-0.25, -0.2) is 4.57 Å². The Hall–Kier alpha value is -1.64. The lowest BCUT2D eigenvalue weighted by Crippen LogP contribution is -2.47. The van der Waals surface area contributed by atoms with Crippen LogP contribution in [-0.2, 0) is 46.9 Å². The highest BCUT2D eigenvalue weighted by atomic mass is 31.2. The zero-order valence-electron chi connectivity index (χ0n) is 24.3. The first-order valence-corrected chi connectivity index (χ1v) is 15.3. The molecule has 0 fully saturated rings. The van der Waals surface area contributed by atoms with Crippen LogP contribution in [0.1, 0.15) is 58.3 Å². The van der Waals surface area contributed by atoms with E-state index in [1.807, 2.05) is 0 Å². The van der Waals surface area contributed by atoms with Gasteiger partial charge in [-0.15, -0.1) is 0 Å². The minimum absolute atomic E-state index is 0.0736. The van der Waals surface area contributed by atoms with Gasteiger partial charge in [0.1, 0.15) is 6.04 Å². The normalized spacial score (nSPS) is 13.4. The molecule has 0 spiro atoms. The molecule has 4 N–H and O–H groups in total. The largest absolute Gasteiger partial charge is 0.472 e. The molecule has 40 heavy (non-hydrogen) atoms. The summed E-state index contributed by atoms with van der Waals surface area (Å²) in [5.41, 5.74) is 0. The van der Waals surface area contributed by atoms with Crippen molar-refractivity contribution in [3.63, 3.8) is 0 Å². The molecule has 0 aliphatic rings. The van der Waals surface area contributed by atoms with Gasteiger partial charge in [-0.3, -0.25) is 23.4 Å². The van der Waals surface area contributed by atoms with Gasteiger partial charge in [-0.1, -0.05) is 0 Å². The molecule has 0 aromatic carbocycles. The van der Waals surface area contributed by atoms with E-state index in [1.54, 1.807) is 21.1 Å². The smallest absolute Gasteiger partial charge is 0.382 e. The summed E-state index contributed by atoms with van der Waals surface area (Å²) in [4.78, 5) is 46.4. The van der Waals surface area contributed by atoms with Gasteiger partial charge < -0.3 is 39.8 Å². The van der Waals surface area contributed by atoms with Gasteiger partial charge in [0.25, 0.3) is 0 Å². The van der Waals surface area contributed by atoms with Gasteiger partial charge >= 0.3 is 7.82 Å². The van der Waals surface area contributed by atoms with Crippen LogP contribution in [0, 0.1) is 0 Å². The van der Waals surface area contributed by atoms with Crippen LogP contribution in [0.5, 0.6) is 0 Å². The van der Waals surface area contributed by atoms with Crippen molar-refractivity contribution in [2.45, 2.75) is 64.3 Å². The molecule has 0 bridgehead atoms. The van der Waals surface area contributed by atoms with E-state index in [4.69, 9.17) is 23.5 Å². The predicted molar refractivity (Wildman–Crippen MR) is 148 cm³/mol. The van der Waals surface area contributed by atoms with Crippen molar-refractivity contribution in [1.29, 1.82) is 0 Å². The Balaban J connectivity index is 4.40. The van der Waals surface area contributed by atoms with Crippen LogP contribution < -0.4 is 16.0 Å². The SMILES string of the molecule is CCOP(=O)(O)OCCCCCNC(=O)C(CCCCNC(=O)CCOCCOC)NC(=O)CCOCCOC. The van der Waals surface area contributed by atoms with Gasteiger partial charge in [-0.2, -0.15) is 0 Å². The number of nitrogens with one attached hydrogen (secondary N) is 3. The third-order valence-corrected chi connectivity index (χ3v) is 6.46. The third-order valence-electron chi connectivity index (χ3n) is 5.37. The number of phosphoric ester groups is 1. The number of hydrogen-bond donors (Lipinski definition) is 4. The zero-order valence-corrected chi connectivity index (χ0v) is 25.2. The summed E-state index contributed by atoms with van der Waals surface area (Å²) in [5.74, 6) is -0.698. The molecule has 0 radical (unpaired) electrons. The van der Waals surface area contributed by atoms with E-state index >= 15 is 0 Å². The number of amides is 3. The van der Waals surface area contributed by atoms with Crippen LogP contribution >= 0.6 is 7.82 Å². The summed E-state index contributed by atoms with van der Waals surface area (Å²) in [6.07, 6.45) is 3.88. The second kappa shape index (κ2) is 26.3. The fourth-order valence-electron chi connectivity index (χ4n) is 3.26. The Morgan fingerprint density at radius 1 is 0.725 bits per heavy atom. The summed E-state index contributed by atoms with van der Waals surface area (Å²) in [6.45, 7) is 4.87. The monoisotopic (exact) mass is 599 g/mol. The molecule has 0 saturated heterocycles. The van der Waals surface area contributed by atoms with E-state index in [2.05, 4.69) is 20.5 Å². The molecular weight excluding hydrogens is 549 g/mol. The molecule has 0 aliphatic heterocycles. The Morgan fingerprint density at radius 2 is 1.32 bits per heavy atom. The Kier molecular flexibility index (Phi) is 25.2. The number of methoxy groups -OCH3 is 2. The first-order valence-electron chi connectivity index (χ1n) is 13.8. The predicted octanol–water partition coefficient (Wildman–Crippen LogP) is 1.30. The lowest BCUT2D eigenvalue weighted by atomic mass is 10.1. The number of carbonyl (C=O) groups is 3. The highest BCUT2D eigenvalue weighted by molar-refractivity contribution is 7.47. The van der Waals surface area contributed by atoms with E-state index in [1.165, 1.54) is 0 Å². The lowest BCUT2D eigenvalue weighted by Gasteiger charge is -2.19. The second-order valence-corrected chi connectivity index (χ2v) is 10.2. The summed E-state index contributed by atoms with van der Waals surface area (Å²) in [5, 5.41) is 8.43. The molecule has 0 saturated carbocycles.